The summed E-state index contributed by atoms with van der Waals surface area (Å²) in [6, 6.07) is 3.88. The van der Waals surface area contributed by atoms with Crippen LogP contribution in [0.15, 0.2) is 24.5 Å². The van der Waals surface area contributed by atoms with Gasteiger partial charge in [0.2, 0.25) is 5.91 Å². The maximum atomic E-state index is 14.5. The second kappa shape index (κ2) is 10.5. The molecule has 1 aromatic carbocycles. The highest BCUT2D eigenvalue weighted by Crippen LogP contribution is 2.43. The standard InChI is InChI=1S/C31H41F2N7O/c1-20(41)37-12-10-27-26(19-37)30(35-40(27)23-8-13-38(14-9-23)31(2,3)4)39-11-6-7-21-15-24(22-17-34-36(5)18-22)25(29(32)33)16-28(21)39/h15-18,23,29H,6-14,19H2,1-5H3. The summed E-state index contributed by atoms with van der Waals surface area (Å²) in [5.74, 6) is 0.868. The summed E-state index contributed by atoms with van der Waals surface area (Å²) in [6.45, 7) is 12.3. The van der Waals surface area contributed by atoms with Crippen molar-refractivity contribution < 1.29 is 13.6 Å². The first kappa shape index (κ1) is 27.9. The molecule has 10 heteroatoms. The van der Waals surface area contributed by atoms with Crippen LogP contribution in [0, 0.1) is 0 Å². The van der Waals surface area contributed by atoms with Crippen molar-refractivity contribution >= 4 is 17.4 Å². The number of fused-ring (bicyclic) bond motifs is 2. The van der Waals surface area contributed by atoms with Crippen LogP contribution in [0.4, 0.5) is 20.3 Å². The van der Waals surface area contributed by atoms with Gasteiger partial charge in [0, 0.05) is 86.4 Å². The Morgan fingerprint density at radius 2 is 1.83 bits per heavy atom. The van der Waals surface area contributed by atoms with Crippen molar-refractivity contribution in [1.29, 1.82) is 0 Å². The number of nitrogens with zero attached hydrogens (tertiary/aromatic N) is 7. The van der Waals surface area contributed by atoms with Crippen LogP contribution in [0.25, 0.3) is 11.1 Å². The summed E-state index contributed by atoms with van der Waals surface area (Å²) in [4.78, 5) is 19.0. The fraction of sp³-hybridized carbons (Fsp3) is 0.581. The van der Waals surface area contributed by atoms with Crippen LogP contribution in [-0.2, 0) is 31.2 Å². The lowest BCUT2D eigenvalue weighted by molar-refractivity contribution is -0.129. The Kier molecular flexibility index (Phi) is 7.16. The number of benzene rings is 1. The molecule has 0 radical (unpaired) electrons. The van der Waals surface area contributed by atoms with E-state index in [9.17, 15) is 13.6 Å². The summed E-state index contributed by atoms with van der Waals surface area (Å²) in [6.07, 6.45) is 5.31. The maximum absolute atomic E-state index is 14.5. The van der Waals surface area contributed by atoms with Crippen molar-refractivity contribution in [3.05, 3.63) is 46.9 Å². The summed E-state index contributed by atoms with van der Waals surface area (Å²) in [5.41, 5.74) is 5.48. The fourth-order valence-corrected chi connectivity index (χ4v) is 6.86. The minimum Gasteiger partial charge on any atom is -0.338 e. The van der Waals surface area contributed by atoms with Crippen LogP contribution in [0.5, 0.6) is 0 Å². The third-order valence-electron chi connectivity index (χ3n) is 9.15. The largest absolute Gasteiger partial charge is 0.338 e. The minimum absolute atomic E-state index is 0.0110. The first-order valence-electron chi connectivity index (χ1n) is 14.8. The molecule has 220 valence electrons. The molecule has 0 spiro atoms. The van der Waals surface area contributed by atoms with Gasteiger partial charge in [0.25, 0.3) is 6.43 Å². The molecule has 0 N–H and O–H groups in total. The molecule has 8 nitrogen and oxygen atoms in total. The van der Waals surface area contributed by atoms with Gasteiger partial charge in [0.05, 0.1) is 18.8 Å². The number of carbonyl (C=O) groups excluding carboxylic acids is 1. The zero-order chi connectivity index (χ0) is 29.1. The molecule has 0 unspecified atom stereocenters. The third-order valence-corrected chi connectivity index (χ3v) is 9.15. The van der Waals surface area contributed by atoms with Gasteiger partial charge >= 0.3 is 0 Å². The molecule has 3 aliphatic rings. The number of amides is 1. The van der Waals surface area contributed by atoms with Gasteiger partial charge in [-0.3, -0.25) is 19.1 Å². The molecule has 0 atom stereocenters. The van der Waals surface area contributed by atoms with Crippen molar-refractivity contribution in [3.63, 3.8) is 0 Å². The average Bonchev–Trinajstić information content (AvgIpc) is 3.55. The topological polar surface area (TPSA) is 62.4 Å². The van der Waals surface area contributed by atoms with Gasteiger partial charge < -0.3 is 9.80 Å². The number of carbonyl (C=O) groups is 1. The number of alkyl halides is 2. The number of hydrogen-bond acceptors (Lipinski definition) is 5. The predicted octanol–water partition coefficient (Wildman–Crippen LogP) is 5.65. The predicted molar refractivity (Wildman–Crippen MR) is 156 cm³/mol. The van der Waals surface area contributed by atoms with E-state index < -0.39 is 6.43 Å². The number of likely N-dealkylation sites (tertiary alicyclic amines) is 1. The second-order valence-corrected chi connectivity index (χ2v) is 12.8. The normalized spacial score (nSPS) is 18.6. The van der Waals surface area contributed by atoms with Crippen LogP contribution in [-0.4, -0.2) is 67.0 Å². The molecule has 1 amide bonds. The van der Waals surface area contributed by atoms with Crippen molar-refractivity contribution in [2.75, 3.05) is 31.1 Å². The molecule has 5 heterocycles. The maximum Gasteiger partial charge on any atom is 0.264 e. The SMILES string of the molecule is CC(=O)N1CCc2c(c(N3CCCc4cc(-c5cnn(C)c5)c(C(F)F)cc43)nn2C2CCN(C(C)(C)C)CC2)C1. The molecular weight excluding hydrogens is 524 g/mol. The summed E-state index contributed by atoms with van der Waals surface area (Å²) in [5, 5.41) is 9.48. The molecule has 0 aliphatic carbocycles. The molecule has 3 aromatic rings. The highest BCUT2D eigenvalue weighted by molar-refractivity contribution is 5.78. The van der Waals surface area contributed by atoms with Crippen molar-refractivity contribution in [1.82, 2.24) is 29.4 Å². The van der Waals surface area contributed by atoms with Crippen molar-refractivity contribution in [2.24, 2.45) is 7.05 Å². The highest BCUT2D eigenvalue weighted by atomic mass is 19.3. The van der Waals surface area contributed by atoms with Crippen LogP contribution in [0.3, 0.4) is 0 Å². The molecule has 1 fully saturated rings. The van der Waals surface area contributed by atoms with Crippen molar-refractivity contribution in [3.8, 4) is 11.1 Å². The van der Waals surface area contributed by atoms with E-state index in [1.54, 1.807) is 37.1 Å². The van der Waals surface area contributed by atoms with E-state index in [0.717, 1.165) is 67.8 Å². The second-order valence-electron chi connectivity index (χ2n) is 12.8. The Hall–Kier alpha value is -3.27. The lowest BCUT2D eigenvalue weighted by Crippen LogP contribution is -2.46. The monoisotopic (exact) mass is 565 g/mol. The van der Waals surface area contributed by atoms with Crippen LogP contribution in [0.2, 0.25) is 0 Å². The lowest BCUT2D eigenvalue weighted by Gasteiger charge is -2.41. The number of rotatable bonds is 4. The Morgan fingerprint density at radius 3 is 2.46 bits per heavy atom. The third kappa shape index (κ3) is 5.15. The molecule has 2 aromatic heterocycles. The molecule has 6 rings (SSSR count). The van der Waals surface area contributed by atoms with Gasteiger partial charge in [-0.25, -0.2) is 8.78 Å². The Labute approximate surface area is 240 Å². The number of hydrogen-bond donors (Lipinski definition) is 0. The molecule has 1 saturated heterocycles. The fourth-order valence-electron chi connectivity index (χ4n) is 6.86. The van der Waals surface area contributed by atoms with Gasteiger partial charge in [-0.2, -0.15) is 10.2 Å². The summed E-state index contributed by atoms with van der Waals surface area (Å²) in [7, 11) is 1.79. The smallest absolute Gasteiger partial charge is 0.264 e. The van der Waals surface area contributed by atoms with Crippen molar-refractivity contribution in [2.45, 2.75) is 84.4 Å². The van der Waals surface area contributed by atoms with E-state index in [4.69, 9.17) is 5.10 Å². The Morgan fingerprint density at radius 1 is 1.07 bits per heavy atom. The van der Waals surface area contributed by atoms with E-state index in [2.05, 4.69) is 40.4 Å². The first-order chi connectivity index (χ1) is 19.5. The lowest BCUT2D eigenvalue weighted by atomic mass is 9.92. The molecular formula is C31H41F2N7O. The van der Waals surface area contributed by atoms with E-state index in [1.165, 1.54) is 5.69 Å². The first-order valence-corrected chi connectivity index (χ1v) is 14.8. The van der Waals surface area contributed by atoms with Gasteiger partial charge in [-0.1, -0.05) is 0 Å². The van der Waals surface area contributed by atoms with Crippen LogP contribution >= 0.6 is 0 Å². The molecule has 3 aliphatic heterocycles. The summed E-state index contributed by atoms with van der Waals surface area (Å²) < 4.78 is 32.8. The van der Waals surface area contributed by atoms with Gasteiger partial charge in [0.15, 0.2) is 5.82 Å². The highest BCUT2D eigenvalue weighted by Gasteiger charge is 2.35. The zero-order valence-corrected chi connectivity index (χ0v) is 24.8. The molecule has 41 heavy (non-hydrogen) atoms. The van der Waals surface area contributed by atoms with Gasteiger partial charge in [0.1, 0.15) is 0 Å². The number of aryl methyl sites for hydroxylation is 2. The van der Waals surface area contributed by atoms with E-state index in [-0.39, 0.29) is 23.1 Å². The Bertz CT molecular complexity index is 1450. The van der Waals surface area contributed by atoms with E-state index in [0.29, 0.717) is 30.8 Å². The number of piperidine rings is 1. The minimum atomic E-state index is -2.62. The van der Waals surface area contributed by atoms with Gasteiger partial charge in [-0.05, 0) is 69.7 Å². The zero-order valence-electron chi connectivity index (χ0n) is 24.8. The summed E-state index contributed by atoms with van der Waals surface area (Å²) >= 11 is 0. The average molecular weight is 566 g/mol. The van der Waals surface area contributed by atoms with E-state index in [1.807, 2.05) is 11.0 Å². The van der Waals surface area contributed by atoms with E-state index >= 15 is 0 Å². The Balaban J connectivity index is 1.42. The number of anilines is 2. The quantitative estimate of drug-likeness (QED) is 0.410. The molecule has 0 bridgehead atoms. The molecule has 0 saturated carbocycles. The van der Waals surface area contributed by atoms with Crippen LogP contribution < -0.4 is 4.90 Å². The van der Waals surface area contributed by atoms with Crippen LogP contribution in [0.1, 0.15) is 81.8 Å². The number of halogens is 2. The number of aromatic nitrogens is 4. The van der Waals surface area contributed by atoms with Gasteiger partial charge in [-0.15, -0.1) is 0 Å².